The molecule has 130 valence electrons. The molecular weight excluding hydrogens is 406 g/mol. The van der Waals surface area contributed by atoms with Gasteiger partial charge in [-0.3, -0.25) is 4.57 Å². The summed E-state index contributed by atoms with van der Waals surface area (Å²) in [6, 6.07) is 8.03. The maximum atomic E-state index is 10.2. The Morgan fingerprint density at radius 1 is 1.28 bits per heavy atom. The Hall–Kier alpha value is -1.68. The van der Waals surface area contributed by atoms with Crippen LogP contribution >= 0.6 is 27.7 Å². The number of benzene rings is 1. The van der Waals surface area contributed by atoms with Gasteiger partial charge in [0.1, 0.15) is 23.3 Å². The van der Waals surface area contributed by atoms with E-state index < -0.39 is 12.2 Å². The summed E-state index contributed by atoms with van der Waals surface area (Å²) >= 11 is 4.95. The molecule has 2 aromatic heterocycles. The standard InChI is InChI=1S/C16H16BrN5O2S/c17-10-3-1-2-9(4-10)5-18-14-12-15(20-7-19-14)22(8-21-12)16-13(24)11(23)6-25-16/h1-4,7-8,11,13,16,23-24H,5-6H2,(H,18,19,20)/t11-,13?,16?/m0/s1. The molecule has 3 aromatic rings. The largest absolute Gasteiger partial charge is 0.389 e. The van der Waals surface area contributed by atoms with Crippen molar-refractivity contribution >= 4 is 44.7 Å². The number of fused-ring (bicyclic) bond motifs is 1. The quantitative estimate of drug-likeness (QED) is 0.593. The molecular formula is C16H16BrN5O2S. The van der Waals surface area contributed by atoms with Gasteiger partial charge >= 0.3 is 0 Å². The third-order valence-corrected chi connectivity index (χ3v) is 5.98. The van der Waals surface area contributed by atoms with E-state index in [2.05, 4.69) is 36.2 Å². The van der Waals surface area contributed by atoms with Crippen molar-refractivity contribution < 1.29 is 10.2 Å². The minimum Gasteiger partial charge on any atom is -0.389 e. The molecule has 4 rings (SSSR count). The average Bonchev–Trinajstić information content (AvgIpc) is 3.17. The number of hydrogen-bond acceptors (Lipinski definition) is 7. The fourth-order valence-electron chi connectivity index (χ4n) is 2.83. The van der Waals surface area contributed by atoms with E-state index >= 15 is 0 Å². The summed E-state index contributed by atoms with van der Waals surface area (Å²) in [6.45, 7) is 0.609. The molecule has 3 N–H and O–H groups in total. The van der Waals surface area contributed by atoms with Crippen molar-refractivity contribution in [2.75, 3.05) is 11.1 Å². The number of aliphatic hydroxyl groups excluding tert-OH is 2. The Kier molecular flexibility index (Phi) is 4.63. The summed E-state index contributed by atoms with van der Waals surface area (Å²) in [5, 5.41) is 22.9. The summed E-state index contributed by atoms with van der Waals surface area (Å²) in [6.07, 6.45) is 1.55. The molecule has 25 heavy (non-hydrogen) atoms. The molecule has 7 nitrogen and oxygen atoms in total. The number of nitrogens with one attached hydrogen (secondary N) is 1. The van der Waals surface area contributed by atoms with E-state index in [9.17, 15) is 10.2 Å². The van der Waals surface area contributed by atoms with Gasteiger partial charge in [-0.25, -0.2) is 15.0 Å². The lowest BCUT2D eigenvalue weighted by atomic mass is 10.2. The molecule has 0 bridgehead atoms. The molecule has 1 aromatic carbocycles. The predicted molar refractivity (Wildman–Crippen MR) is 100 cm³/mol. The fraction of sp³-hybridized carbons (Fsp3) is 0.312. The highest BCUT2D eigenvalue weighted by Crippen LogP contribution is 2.38. The van der Waals surface area contributed by atoms with Crippen molar-refractivity contribution in [3.63, 3.8) is 0 Å². The lowest BCUT2D eigenvalue weighted by Gasteiger charge is -2.17. The van der Waals surface area contributed by atoms with Crippen LogP contribution in [-0.2, 0) is 6.54 Å². The summed E-state index contributed by atoms with van der Waals surface area (Å²) in [5.74, 6) is 1.13. The van der Waals surface area contributed by atoms with Gasteiger partial charge in [0.15, 0.2) is 11.5 Å². The van der Waals surface area contributed by atoms with Crippen molar-refractivity contribution in [1.29, 1.82) is 0 Å². The monoisotopic (exact) mass is 421 g/mol. The van der Waals surface area contributed by atoms with E-state index in [0.717, 1.165) is 10.0 Å². The van der Waals surface area contributed by atoms with Crippen LogP contribution in [0.5, 0.6) is 0 Å². The topological polar surface area (TPSA) is 96.1 Å². The Morgan fingerprint density at radius 3 is 2.92 bits per heavy atom. The second kappa shape index (κ2) is 6.91. The normalized spacial score (nSPS) is 23.2. The van der Waals surface area contributed by atoms with E-state index in [0.29, 0.717) is 29.3 Å². The van der Waals surface area contributed by atoms with Crippen LogP contribution in [-0.4, -0.2) is 47.7 Å². The second-order valence-electron chi connectivity index (χ2n) is 5.81. The molecule has 9 heteroatoms. The van der Waals surface area contributed by atoms with Gasteiger partial charge in [-0.2, -0.15) is 0 Å². The van der Waals surface area contributed by atoms with Crippen molar-refractivity contribution in [3.05, 3.63) is 47.0 Å². The number of halogens is 1. The third-order valence-electron chi connectivity index (χ3n) is 4.11. The number of imidazole rings is 1. The Balaban J connectivity index is 1.61. The predicted octanol–water partition coefficient (Wildman–Crippen LogP) is 2.17. The van der Waals surface area contributed by atoms with Crippen LogP contribution in [0.25, 0.3) is 11.2 Å². The third kappa shape index (κ3) is 3.24. The molecule has 1 fully saturated rings. The van der Waals surface area contributed by atoms with Crippen LogP contribution < -0.4 is 5.32 Å². The highest BCUT2D eigenvalue weighted by atomic mass is 79.9. The Bertz CT molecular complexity index is 905. The number of rotatable bonds is 4. The molecule has 3 atom stereocenters. The molecule has 0 radical (unpaired) electrons. The minimum absolute atomic E-state index is 0.298. The summed E-state index contributed by atoms with van der Waals surface area (Å²) in [5.41, 5.74) is 2.40. The number of anilines is 1. The lowest BCUT2D eigenvalue weighted by Crippen LogP contribution is -2.27. The molecule has 0 aliphatic carbocycles. The van der Waals surface area contributed by atoms with Crippen molar-refractivity contribution in [3.8, 4) is 0 Å². The summed E-state index contributed by atoms with van der Waals surface area (Å²) < 4.78 is 2.82. The molecule has 2 unspecified atom stereocenters. The van der Waals surface area contributed by atoms with Gasteiger partial charge in [-0.15, -0.1) is 11.8 Å². The zero-order chi connectivity index (χ0) is 17.4. The van der Waals surface area contributed by atoms with Gasteiger partial charge in [0.25, 0.3) is 0 Å². The highest BCUT2D eigenvalue weighted by Gasteiger charge is 2.36. The number of hydrogen-bond donors (Lipinski definition) is 3. The highest BCUT2D eigenvalue weighted by molar-refractivity contribution is 9.10. The molecule has 1 saturated heterocycles. The minimum atomic E-state index is -0.838. The SMILES string of the molecule is OC1C(n2cnc3c(NCc4cccc(Br)c4)ncnc32)SC[C@@H]1O. The van der Waals surface area contributed by atoms with E-state index in [1.165, 1.54) is 18.1 Å². The molecule has 0 amide bonds. The Labute approximate surface area is 156 Å². The van der Waals surface area contributed by atoms with Gasteiger partial charge in [-0.1, -0.05) is 28.1 Å². The van der Waals surface area contributed by atoms with E-state index in [-0.39, 0.29) is 5.37 Å². The smallest absolute Gasteiger partial charge is 0.166 e. The molecule has 1 aliphatic heterocycles. The second-order valence-corrected chi connectivity index (χ2v) is 7.88. The van der Waals surface area contributed by atoms with Gasteiger partial charge in [0, 0.05) is 16.8 Å². The molecule has 0 spiro atoms. The first-order valence-electron chi connectivity index (χ1n) is 7.77. The van der Waals surface area contributed by atoms with Crippen LogP contribution in [0, 0.1) is 0 Å². The van der Waals surface area contributed by atoms with Crippen molar-refractivity contribution in [2.45, 2.75) is 24.1 Å². The summed E-state index contributed by atoms with van der Waals surface area (Å²) in [4.78, 5) is 13.0. The zero-order valence-electron chi connectivity index (χ0n) is 13.1. The van der Waals surface area contributed by atoms with Crippen LogP contribution in [0.4, 0.5) is 5.82 Å². The van der Waals surface area contributed by atoms with Gasteiger partial charge in [0.2, 0.25) is 0 Å². The van der Waals surface area contributed by atoms with E-state index in [1.807, 2.05) is 24.3 Å². The van der Waals surface area contributed by atoms with Crippen molar-refractivity contribution in [1.82, 2.24) is 19.5 Å². The number of nitrogens with zero attached hydrogens (tertiary/aromatic N) is 4. The molecule has 3 heterocycles. The van der Waals surface area contributed by atoms with Crippen molar-refractivity contribution in [2.24, 2.45) is 0 Å². The first kappa shape index (κ1) is 16.8. The van der Waals surface area contributed by atoms with Gasteiger partial charge < -0.3 is 15.5 Å². The van der Waals surface area contributed by atoms with E-state index in [4.69, 9.17) is 0 Å². The lowest BCUT2D eigenvalue weighted by molar-refractivity contribution is 0.0313. The molecule has 0 saturated carbocycles. The maximum absolute atomic E-state index is 10.2. The van der Waals surface area contributed by atoms with Crippen LogP contribution in [0.1, 0.15) is 10.9 Å². The average molecular weight is 422 g/mol. The molecule has 1 aliphatic rings. The first-order valence-corrected chi connectivity index (χ1v) is 9.61. The summed E-state index contributed by atoms with van der Waals surface area (Å²) in [7, 11) is 0. The number of aliphatic hydroxyl groups is 2. The van der Waals surface area contributed by atoms with Crippen LogP contribution in [0.3, 0.4) is 0 Å². The Morgan fingerprint density at radius 2 is 2.16 bits per heavy atom. The number of thioether (sulfide) groups is 1. The van der Waals surface area contributed by atoms with Crippen LogP contribution in [0.2, 0.25) is 0 Å². The zero-order valence-corrected chi connectivity index (χ0v) is 15.5. The van der Waals surface area contributed by atoms with Gasteiger partial charge in [0.05, 0.1) is 12.4 Å². The van der Waals surface area contributed by atoms with E-state index in [1.54, 1.807) is 10.9 Å². The first-order chi connectivity index (χ1) is 12.1. The van der Waals surface area contributed by atoms with Crippen LogP contribution in [0.15, 0.2) is 41.4 Å². The van der Waals surface area contributed by atoms with Gasteiger partial charge in [-0.05, 0) is 17.7 Å². The maximum Gasteiger partial charge on any atom is 0.166 e. The fourth-order valence-corrected chi connectivity index (χ4v) is 4.56. The number of aromatic nitrogens is 4.